The molecular weight excluding hydrogens is 215 g/mol. The summed E-state index contributed by atoms with van der Waals surface area (Å²) in [7, 11) is 1.72. The number of rotatable bonds is 1. The Hall–Kier alpha value is -0.851. The fourth-order valence-electron chi connectivity index (χ4n) is 1.21. The quantitative estimate of drug-likeness (QED) is 0.674. The molecule has 12 heavy (non-hydrogen) atoms. The van der Waals surface area contributed by atoms with Crippen molar-refractivity contribution < 1.29 is 4.74 Å². The van der Waals surface area contributed by atoms with Gasteiger partial charge < -0.3 is 0 Å². The van der Waals surface area contributed by atoms with Crippen molar-refractivity contribution in [2.75, 3.05) is 7.11 Å². The summed E-state index contributed by atoms with van der Waals surface area (Å²) in [6, 6.07) is 10.5. The van der Waals surface area contributed by atoms with Gasteiger partial charge in [-0.15, -0.1) is 0 Å². The first kappa shape index (κ1) is 7.78. The van der Waals surface area contributed by atoms with Crippen molar-refractivity contribution in [3.8, 4) is 5.75 Å². The van der Waals surface area contributed by atoms with E-state index in [0.29, 0.717) is 14.5 Å². The van der Waals surface area contributed by atoms with Crippen LogP contribution < -0.4 is 4.74 Å². The van der Waals surface area contributed by atoms with Crippen molar-refractivity contribution in [2.45, 2.75) is 0 Å². The molecule has 1 nitrogen and oxygen atoms in total. The van der Waals surface area contributed by atoms with Gasteiger partial charge in [0.25, 0.3) is 0 Å². The maximum atomic E-state index is 5.26. The van der Waals surface area contributed by atoms with Crippen LogP contribution in [0.1, 0.15) is 0 Å². The van der Waals surface area contributed by atoms with E-state index < -0.39 is 0 Å². The molecule has 1 heterocycles. The summed E-state index contributed by atoms with van der Waals surface area (Å²) in [6.07, 6.45) is 0. The Labute approximate surface area is 77.4 Å². The molecule has 0 aliphatic carbocycles. The summed E-state index contributed by atoms with van der Waals surface area (Å²) < 4.78 is 6.66. The van der Waals surface area contributed by atoms with Gasteiger partial charge in [0, 0.05) is 0 Å². The van der Waals surface area contributed by atoms with E-state index in [-0.39, 0.29) is 0 Å². The Bertz CT molecular complexity index is 392. The molecule has 0 N–H and O–H groups in total. The third-order valence-corrected chi connectivity index (χ3v) is 3.64. The van der Waals surface area contributed by atoms with E-state index in [1.807, 2.05) is 6.07 Å². The molecule has 0 spiro atoms. The van der Waals surface area contributed by atoms with Crippen molar-refractivity contribution in [1.82, 2.24) is 0 Å². The molecule has 0 unspecified atom stereocenters. The number of hydrogen-bond donors (Lipinski definition) is 0. The number of methoxy groups -OCH3 is 1. The summed E-state index contributed by atoms with van der Waals surface area (Å²) in [5.41, 5.74) is 0. The Kier molecular flexibility index (Phi) is 2.11. The molecule has 0 radical (unpaired) electrons. The van der Waals surface area contributed by atoms with E-state index in [4.69, 9.17) is 4.74 Å². The third-order valence-electron chi connectivity index (χ3n) is 1.79. The van der Waals surface area contributed by atoms with Gasteiger partial charge in [0.15, 0.2) is 0 Å². The Morgan fingerprint density at radius 1 is 1.17 bits per heavy atom. The van der Waals surface area contributed by atoms with Crippen LogP contribution in [-0.2, 0) is 0 Å². The van der Waals surface area contributed by atoms with Crippen LogP contribution in [0, 0.1) is 0 Å². The van der Waals surface area contributed by atoms with Crippen molar-refractivity contribution in [3.63, 3.8) is 0 Å². The van der Waals surface area contributed by atoms with Crippen molar-refractivity contribution in [1.29, 1.82) is 0 Å². The minimum atomic E-state index is 0.485. The average molecular weight is 224 g/mol. The maximum absolute atomic E-state index is 5.26. The van der Waals surface area contributed by atoms with E-state index >= 15 is 0 Å². The Balaban J connectivity index is 2.79. The predicted molar refractivity (Wildman–Crippen MR) is 51.8 cm³/mol. The molecule has 2 rings (SSSR count). The van der Waals surface area contributed by atoms with E-state index in [1.165, 1.54) is 9.65 Å². The molecule has 0 fully saturated rings. The SMILES string of the molecule is COc1cc[se+]c2ccccc12. The summed E-state index contributed by atoms with van der Waals surface area (Å²) in [4.78, 5) is 2.19. The molecule has 0 amide bonds. The molecule has 1 aromatic carbocycles. The van der Waals surface area contributed by atoms with Gasteiger partial charge in [-0.1, -0.05) is 0 Å². The van der Waals surface area contributed by atoms with Gasteiger partial charge in [0.1, 0.15) is 0 Å². The van der Waals surface area contributed by atoms with Gasteiger partial charge in [0.05, 0.1) is 0 Å². The molecule has 0 saturated carbocycles. The van der Waals surface area contributed by atoms with Crippen LogP contribution in [0.25, 0.3) is 9.65 Å². The second-order valence-corrected chi connectivity index (χ2v) is 4.47. The van der Waals surface area contributed by atoms with Gasteiger partial charge in [-0.3, -0.25) is 0 Å². The van der Waals surface area contributed by atoms with Gasteiger partial charge >= 0.3 is 77.0 Å². The van der Waals surface area contributed by atoms with E-state index in [0.717, 1.165) is 5.75 Å². The fourth-order valence-corrected chi connectivity index (χ4v) is 2.87. The molecule has 1 aromatic heterocycles. The van der Waals surface area contributed by atoms with Crippen LogP contribution >= 0.6 is 0 Å². The molecular formula is C10H9OSe+. The van der Waals surface area contributed by atoms with Crippen LogP contribution in [0.3, 0.4) is 0 Å². The number of ether oxygens (including phenoxy) is 1. The van der Waals surface area contributed by atoms with E-state index in [2.05, 4.69) is 29.2 Å². The average Bonchev–Trinajstić information content (AvgIpc) is 2.17. The third kappa shape index (κ3) is 1.24. The molecule has 60 valence electrons. The second-order valence-electron chi connectivity index (χ2n) is 2.49. The zero-order valence-corrected chi connectivity index (χ0v) is 8.49. The molecule has 0 aliphatic heterocycles. The zero-order chi connectivity index (χ0) is 8.39. The first-order valence-electron chi connectivity index (χ1n) is 3.75. The molecule has 0 saturated heterocycles. The monoisotopic (exact) mass is 225 g/mol. The van der Waals surface area contributed by atoms with Crippen LogP contribution in [0.5, 0.6) is 5.75 Å². The standard InChI is InChI=1S/C10H9OSe/c1-11-9-6-7-12-10-5-3-2-4-8(9)10/h2-7H,1H3/q+1. The van der Waals surface area contributed by atoms with Gasteiger partial charge in [-0.2, -0.15) is 0 Å². The number of benzene rings is 1. The molecule has 2 aromatic rings. The first-order valence-corrected chi connectivity index (χ1v) is 5.60. The number of hydrogen-bond acceptors (Lipinski definition) is 1. The molecule has 0 aliphatic rings. The minimum absolute atomic E-state index is 0.485. The summed E-state index contributed by atoms with van der Waals surface area (Å²) in [6.45, 7) is 0. The predicted octanol–water partition coefficient (Wildman–Crippen LogP) is 2.19. The molecule has 2 heteroatoms. The van der Waals surface area contributed by atoms with Crippen molar-refractivity contribution in [3.05, 3.63) is 35.3 Å². The van der Waals surface area contributed by atoms with Crippen molar-refractivity contribution in [2.24, 2.45) is 0 Å². The van der Waals surface area contributed by atoms with E-state index in [9.17, 15) is 0 Å². The van der Waals surface area contributed by atoms with Crippen molar-refractivity contribution >= 4 is 24.1 Å². The summed E-state index contributed by atoms with van der Waals surface area (Å²) >= 11 is 0.485. The molecule has 0 atom stereocenters. The fraction of sp³-hybridized carbons (Fsp3) is 0.100. The molecule has 0 bridgehead atoms. The van der Waals surface area contributed by atoms with Crippen LogP contribution in [0.2, 0.25) is 0 Å². The Morgan fingerprint density at radius 2 is 2.00 bits per heavy atom. The summed E-state index contributed by atoms with van der Waals surface area (Å²) in [5.74, 6) is 0.985. The van der Waals surface area contributed by atoms with E-state index in [1.54, 1.807) is 7.11 Å². The second kappa shape index (κ2) is 3.26. The Morgan fingerprint density at radius 3 is 2.83 bits per heavy atom. The van der Waals surface area contributed by atoms with Gasteiger partial charge in [-0.05, 0) is 0 Å². The topological polar surface area (TPSA) is 9.23 Å². The first-order chi connectivity index (χ1) is 5.92. The summed E-state index contributed by atoms with van der Waals surface area (Å²) in [5, 5.41) is 1.25. The normalized spacial score (nSPS) is 10.1. The van der Waals surface area contributed by atoms with Crippen LogP contribution in [0.15, 0.2) is 35.3 Å². The van der Waals surface area contributed by atoms with Crippen LogP contribution in [0.4, 0.5) is 0 Å². The van der Waals surface area contributed by atoms with Gasteiger partial charge in [-0.25, -0.2) is 0 Å². The van der Waals surface area contributed by atoms with Gasteiger partial charge in [0.2, 0.25) is 0 Å². The van der Waals surface area contributed by atoms with Crippen LogP contribution in [-0.4, -0.2) is 21.6 Å². The zero-order valence-electron chi connectivity index (χ0n) is 6.78. The number of fused-ring (bicyclic) bond motifs is 1.